The molecule has 2 aromatic carbocycles. The van der Waals surface area contributed by atoms with Gasteiger partial charge in [-0.1, -0.05) is 29.4 Å². The van der Waals surface area contributed by atoms with Gasteiger partial charge >= 0.3 is 0 Å². The molecule has 0 atom stereocenters. The standard InChI is InChI=1S/C14H13IN2O2/c15-12-6-4-10(5-7-12)9-19-13-3-1-2-11(8-13)14(16)17-18/h1-8,18H,9H2,(H2,16,17). The molecule has 0 spiro atoms. The molecule has 3 N–H and O–H groups in total. The highest BCUT2D eigenvalue weighted by Crippen LogP contribution is 2.15. The van der Waals surface area contributed by atoms with Crippen LogP contribution in [-0.2, 0) is 6.61 Å². The molecule has 5 heteroatoms. The first-order valence-corrected chi connectivity index (χ1v) is 6.72. The minimum atomic E-state index is 0.0692. The zero-order chi connectivity index (χ0) is 13.7. The van der Waals surface area contributed by atoms with E-state index in [2.05, 4.69) is 27.7 Å². The van der Waals surface area contributed by atoms with Crippen LogP contribution in [-0.4, -0.2) is 11.0 Å². The third-order valence-corrected chi connectivity index (χ3v) is 3.28. The van der Waals surface area contributed by atoms with Crippen molar-refractivity contribution in [1.82, 2.24) is 0 Å². The summed E-state index contributed by atoms with van der Waals surface area (Å²) in [4.78, 5) is 0. The Morgan fingerprint density at radius 2 is 1.95 bits per heavy atom. The predicted molar refractivity (Wildman–Crippen MR) is 82.4 cm³/mol. The van der Waals surface area contributed by atoms with Crippen molar-refractivity contribution in [3.8, 4) is 5.75 Å². The molecule has 0 heterocycles. The lowest BCUT2D eigenvalue weighted by atomic mass is 10.2. The maximum absolute atomic E-state index is 8.63. The molecule has 0 saturated carbocycles. The third kappa shape index (κ3) is 3.85. The van der Waals surface area contributed by atoms with Gasteiger partial charge in [-0.15, -0.1) is 0 Å². The van der Waals surface area contributed by atoms with Gasteiger partial charge < -0.3 is 15.7 Å². The van der Waals surface area contributed by atoms with Crippen LogP contribution in [0.5, 0.6) is 5.75 Å². The number of rotatable bonds is 4. The minimum absolute atomic E-state index is 0.0692. The molecule has 0 bridgehead atoms. The Balaban J connectivity index is 2.05. The predicted octanol–water partition coefficient (Wildman–Crippen LogP) is 2.96. The fourth-order valence-corrected chi connectivity index (χ4v) is 1.91. The number of halogens is 1. The van der Waals surface area contributed by atoms with Gasteiger partial charge in [-0.05, 0) is 52.4 Å². The summed E-state index contributed by atoms with van der Waals surface area (Å²) in [6, 6.07) is 15.2. The van der Waals surface area contributed by atoms with E-state index in [1.54, 1.807) is 18.2 Å². The number of nitrogens with zero attached hydrogens (tertiary/aromatic N) is 1. The lowest BCUT2D eigenvalue weighted by Gasteiger charge is -2.07. The Bertz CT molecular complexity index is 582. The summed E-state index contributed by atoms with van der Waals surface area (Å²) in [7, 11) is 0. The highest BCUT2D eigenvalue weighted by Gasteiger charge is 2.02. The summed E-state index contributed by atoms with van der Waals surface area (Å²) in [6.07, 6.45) is 0. The molecule has 2 rings (SSSR count). The van der Waals surface area contributed by atoms with E-state index in [-0.39, 0.29) is 5.84 Å². The Morgan fingerprint density at radius 1 is 1.21 bits per heavy atom. The second-order valence-corrected chi connectivity index (χ2v) is 5.17. The van der Waals surface area contributed by atoms with E-state index < -0.39 is 0 Å². The topological polar surface area (TPSA) is 67.8 Å². The quantitative estimate of drug-likeness (QED) is 0.287. The Labute approximate surface area is 125 Å². The molecule has 0 aliphatic rings. The average Bonchev–Trinajstić information content (AvgIpc) is 2.46. The zero-order valence-corrected chi connectivity index (χ0v) is 12.2. The molecule has 19 heavy (non-hydrogen) atoms. The van der Waals surface area contributed by atoms with E-state index in [4.69, 9.17) is 15.7 Å². The largest absolute Gasteiger partial charge is 0.489 e. The van der Waals surface area contributed by atoms with Gasteiger partial charge in [0.15, 0.2) is 5.84 Å². The molecule has 98 valence electrons. The van der Waals surface area contributed by atoms with Crippen molar-refractivity contribution < 1.29 is 9.94 Å². The van der Waals surface area contributed by atoms with Crippen molar-refractivity contribution in [2.75, 3.05) is 0 Å². The first-order valence-electron chi connectivity index (χ1n) is 5.64. The number of ether oxygens (including phenoxy) is 1. The molecule has 0 fully saturated rings. The summed E-state index contributed by atoms with van der Waals surface area (Å²) < 4.78 is 6.86. The molecule has 0 aromatic heterocycles. The van der Waals surface area contributed by atoms with E-state index in [1.165, 1.54) is 3.57 Å². The summed E-state index contributed by atoms with van der Waals surface area (Å²) >= 11 is 2.26. The molecule has 0 aliphatic heterocycles. The number of nitrogens with two attached hydrogens (primary N) is 1. The van der Waals surface area contributed by atoms with Gasteiger partial charge in [0.1, 0.15) is 12.4 Å². The van der Waals surface area contributed by atoms with Crippen LogP contribution < -0.4 is 10.5 Å². The van der Waals surface area contributed by atoms with Crippen molar-refractivity contribution in [3.63, 3.8) is 0 Å². The maximum Gasteiger partial charge on any atom is 0.170 e. The van der Waals surface area contributed by atoms with Gasteiger partial charge in [0.2, 0.25) is 0 Å². The van der Waals surface area contributed by atoms with Gasteiger partial charge in [-0.25, -0.2) is 0 Å². The molecule has 0 unspecified atom stereocenters. The number of oxime groups is 1. The zero-order valence-electron chi connectivity index (χ0n) is 10.1. The lowest BCUT2D eigenvalue weighted by molar-refractivity contribution is 0.306. The van der Waals surface area contributed by atoms with Crippen molar-refractivity contribution in [2.24, 2.45) is 10.9 Å². The summed E-state index contributed by atoms with van der Waals surface area (Å²) in [5.41, 5.74) is 7.25. The average molecular weight is 368 g/mol. The van der Waals surface area contributed by atoms with Crippen LogP contribution in [0.25, 0.3) is 0 Å². The van der Waals surface area contributed by atoms with Gasteiger partial charge in [-0.3, -0.25) is 0 Å². The molecule has 4 nitrogen and oxygen atoms in total. The molecule has 0 amide bonds. The van der Waals surface area contributed by atoms with Crippen LogP contribution in [0.3, 0.4) is 0 Å². The van der Waals surface area contributed by atoms with Crippen LogP contribution in [0.15, 0.2) is 53.7 Å². The minimum Gasteiger partial charge on any atom is -0.489 e. The van der Waals surface area contributed by atoms with E-state index in [9.17, 15) is 0 Å². The normalized spacial score (nSPS) is 11.3. The lowest BCUT2D eigenvalue weighted by Crippen LogP contribution is -2.12. The smallest absolute Gasteiger partial charge is 0.170 e. The Hall–Kier alpha value is -1.76. The first-order chi connectivity index (χ1) is 9.19. The fraction of sp³-hybridized carbons (Fsp3) is 0.0714. The van der Waals surface area contributed by atoms with E-state index in [1.807, 2.05) is 30.3 Å². The Kier molecular flexibility index (Phi) is 4.62. The molecule has 0 radical (unpaired) electrons. The van der Waals surface area contributed by atoms with Crippen molar-refractivity contribution in [3.05, 3.63) is 63.2 Å². The number of hydrogen-bond acceptors (Lipinski definition) is 3. The highest BCUT2D eigenvalue weighted by molar-refractivity contribution is 14.1. The second kappa shape index (κ2) is 6.42. The number of amidine groups is 1. The SMILES string of the molecule is NC(=NO)c1cccc(OCc2ccc(I)cc2)c1. The molecular formula is C14H13IN2O2. The fourth-order valence-electron chi connectivity index (χ4n) is 1.55. The molecular weight excluding hydrogens is 355 g/mol. The van der Waals surface area contributed by atoms with Crippen molar-refractivity contribution in [2.45, 2.75) is 6.61 Å². The summed E-state index contributed by atoms with van der Waals surface area (Å²) in [6.45, 7) is 0.483. The van der Waals surface area contributed by atoms with Gasteiger partial charge in [-0.2, -0.15) is 0 Å². The van der Waals surface area contributed by atoms with Gasteiger partial charge in [0.05, 0.1) is 0 Å². The maximum atomic E-state index is 8.63. The van der Waals surface area contributed by atoms with Crippen LogP contribution >= 0.6 is 22.6 Å². The van der Waals surface area contributed by atoms with Crippen LogP contribution in [0.4, 0.5) is 0 Å². The summed E-state index contributed by atoms with van der Waals surface area (Å²) in [5.74, 6) is 0.752. The Morgan fingerprint density at radius 3 is 2.63 bits per heavy atom. The molecule has 2 aromatic rings. The van der Waals surface area contributed by atoms with Crippen molar-refractivity contribution >= 4 is 28.4 Å². The summed E-state index contributed by atoms with van der Waals surface area (Å²) in [5, 5.41) is 11.6. The van der Waals surface area contributed by atoms with Crippen LogP contribution in [0.1, 0.15) is 11.1 Å². The van der Waals surface area contributed by atoms with E-state index in [0.717, 1.165) is 5.56 Å². The van der Waals surface area contributed by atoms with E-state index in [0.29, 0.717) is 17.9 Å². The molecule has 0 aliphatic carbocycles. The number of benzene rings is 2. The monoisotopic (exact) mass is 368 g/mol. The highest BCUT2D eigenvalue weighted by atomic mass is 127. The van der Waals surface area contributed by atoms with E-state index >= 15 is 0 Å². The van der Waals surface area contributed by atoms with Gasteiger partial charge in [0, 0.05) is 9.13 Å². The number of hydrogen-bond donors (Lipinski definition) is 2. The van der Waals surface area contributed by atoms with Gasteiger partial charge in [0.25, 0.3) is 0 Å². The molecule has 0 saturated heterocycles. The second-order valence-electron chi connectivity index (χ2n) is 3.93. The van der Waals surface area contributed by atoms with Crippen molar-refractivity contribution in [1.29, 1.82) is 0 Å². The third-order valence-electron chi connectivity index (χ3n) is 2.56. The van der Waals surface area contributed by atoms with Crippen LogP contribution in [0.2, 0.25) is 0 Å². The first kappa shape index (κ1) is 13.7. The van der Waals surface area contributed by atoms with Crippen LogP contribution in [0, 0.1) is 3.57 Å².